The molecule has 0 spiro atoms. The Hall–Kier alpha value is -1.39. The van der Waals surface area contributed by atoms with Crippen LogP contribution < -0.4 is 10.6 Å². The summed E-state index contributed by atoms with van der Waals surface area (Å²) >= 11 is 0. The van der Waals surface area contributed by atoms with Crippen LogP contribution in [0.15, 0.2) is 30.3 Å². The third-order valence-corrected chi connectivity index (χ3v) is 6.70. The predicted molar refractivity (Wildman–Crippen MR) is 105 cm³/mol. The van der Waals surface area contributed by atoms with Gasteiger partial charge in [0.15, 0.2) is 0 Å². The lowest BCUT2D eigenvalue weighted by atomic mass is 9.89. The zero-order valence-electron chi connectivity index (χ0n) is 16.0. The third-order valence-electron chi connectivity index (χ3n) is 6.70. The quantitative estimate of drug-likeness (QED) is 0.825. The Balaban J connectivity index is 1.21. The Bertz CT molecular complexity index is 593. The number of piperidine rings is 1. The summed E-state index contributed by atoms with van der Waals surface area (Å²) in [6.07, 6.45) is 6.89. The van der Waals surface area contributed by atoms with E-state index in [-0.39, 0.29) is 11.9 Å². The highest BCUT2D eigenvalue weighted by Gasteiger charge is 2.35. The lowest BCUT2D eigenvalue weighted by Gasteiger charge is -2.29. The van der Waals surface area contributed by atoms with E-state index in [2.05, 4.69) is 52.8 Å². The maximum Gasteiger partial charge on any atom is 0.220 e. The van der Waals surface area contributed by atoms with Crippen molar-refractivity contribution in [2.75, 3.05) is 13.1 Å². The fraction of sp³-hybridized carbons (Fsp3) is 0.682. The monoisotopic (exact) mass is 355 g/mol. The molecule has 4 nitrogen and oxygen atoms in total. The molecular formula is C22H33N3O. The molecule has 26 heavy (non-hydrogen) atoms. The molecule has 4 heteroatoms. The number of hydrogen-bond donors (Lipinski definition) is 2. The van der Waals surface area contributed by atoms with E-state index in [1.807, 2.05) is 0 Å². The van der Waals surface area contributed by atoms with Crippen molar-refractivity contribution in [1.29, 1.82) is 0 Å². The highest BCUT2D eigenvalue weighted by atomic mass is 16.1. The molecule has 4 atom stereocenters. The minimum Gasteiger partial charge on any atom is -0.353 e. The molecular weight excluding hydrogens is 322 g/mol. The van der Waals surface area contributed by atoms with Crippen LogP contribution in [0.5, 0.6) is 0 Å². The molecule has 0 aliphatic carbocycles. The van der Waals surface area contributed by atoms with E-state index in [1.54, 1.807) is 0 Å². The summed E-state index contributed by atoms with van der Waals surface area (Å²) in [5.41, 5.74) is 1.38. The molecule has 4 rings (SSSR count). The van der Waals surface area contributed by atoms with Gasteiger partial charge in [0.2, 0.25) is 5.91 Å². The molecule has 2 bridgehead atoms. The molecule has 142 valence electrons. The van der Waals surface area contributed by atoms with E-state index in [4.69, 9.17) is 0 Å². The van der Waals surface area contributed by atoms with Gasteiger partial charge in [0, 0.05) is 37.6 Å². The number of nitrogens with one attached hydrogen (secondary N) is 2. The van der Waals surface area contributed by atoms with Gasteiger partial charge in [0.05, 0.1) is 0 Å². The van der Waals surface area contributed by atoms with Gasteiger partial charge < -0.3 is 10.6 Å². The number of carbonyl (C=O) groups excluding carboxylic acids is 1. The number of amides is 1. The topological polar surface area (TPSA) is 44.4 Å². The van der Waals surface area contributed by atoms with Gasteiger partial charge in [-0.1, -0.05) is 30.3 Å². The van der Waals surface area contributed by atoms with E-state index >= 15 is 0 Å². The first-order valence-electron chi connectivity index (χ1n) is 10.5. The zero-order valence-corrected chi connectivity index (χ0v) is 16.0. The van der Waals surface area contributed by atoms with Crippen LogP contribution in [0.4, 0.5) is 0 Å². The maximum absolute atomic E-state index is 12.5. The van der Waals surface area contributed by atoms with Crippen LogP contribution in [0.2, 0.25) is 0 Å². The highest BCUT2D eigenvalue weighted by Crippen LogP contribution is 2.32. The molecule has 3 heterocycles. The van der Waals surface area contributed by atoms with Gasteiger partial charge in [-0.05, 0) is 63.0 Å². The van der Waals surface area contributed by atoms with Crippen molar-refractivity contribution in [3.05, 3.63) is 35.9 Å². The first-order chi connectivity index (χ1) is 12.7. The summed E-state index contributed by atoms with van der Waals surface area (Å²) in [5.74, 6) is 1.43. The Morgan fingerprint density at radius 2 is 1.92 bits per heavy atom. The van der Waals surface area contributed by atoms with Crippen LogP contribution in [0.3, 0.4) is 0 Å². The van der Waals surface area contributed by atoms with E-state index < -0.39 is 0 Å². The number of benzene rings is 1. The molecule has 2 N–H and O–H groups in total. The maximum atomic E-state index is 12.5. The minimum absolute atomic E-state index is 0.269. The van der Waals surface area contributed by atoms with Gasteiger partial charge in [-0.15, -0.1) is 0 Å². The summed E-state index contributed by atoms with van der Waals surface area (Å²) < 4.78 is 0. The van der Waals surface area contributed by atoms with Gasteiger partial charge in [-0.3, -0.25) is 9.69 Å². The second-order valence-corrected chi connectivity index (χ2v) is 8.81. The average Bonchev–Trinajstić information content (AvgIpc) is 3.22. The molecule has 1 amide bonds. The van der Waals surface area contributed by atoms with Crippen molar-refractivity contribution in [3.63, 3.8) is 0 Å². The number of rotatable bonds is 6. The Labute approximate surface area is 157 Å². The van der Waals surface area contributed by atoms with E-state index in [0.717, 1.165) is 26.1 Å². The molecule has 0 radical (unpaired) electrons. The van der Waals surface area contributed by atoms with Gasteiger partial charge in [-0.2, -0.15) is 0 Å². The van der Waals surface area contributed by atoms with Crippen molar-refractivity contribution >= 4 is 5.91 Å². The van der Waals surface area contributed by atoms with Gasteiger partial charge in [-0.25, -0.2) is 0 Å². The van der Waals surface area contributed by atoms with Crippen molar-refractivity contribution < 1.29 is 4.79 Å². The van der Waals surface area contributed by atoms with Crippen LogP contribution in [-0.4, -0.2) is 42.0 Å². The Kier molecular flexibility index (Phi) is 5.60. The van der Waals surface area contributed by atoms with Crippen LogP contribution in [-0.2, 0) is 11.3 Å². The molecule has 3 saturated heterocycles. The lowest BCUT2D eigenvalue weighted by molar-refractivity contribution is -0.123. The Morgan fingerprint density at radius 1 is 1.19 bits per heavy atom. The summed E-state index contributed by atoms with van der Waals surface area (Å²) in [6, 6.07) is 12.3. The van der Waals surface area contributed by atoms with Crippen LogP contribution in [0, 0.1) is 11.8 Å². The first kappa shape index (κ1) is 18.0. The second kappa shape index (κ2) is 8.10. The van der Waals surface area contributed by atoms with Crippen molar-refractivity contribution in [1.82, 2.24) is 15.5 Å². The van der Waals surface area contributed by atoms with E-state index in [1.165, 1.54) is 37.7 Å². The smallest absolute Gasteiger partial charge is 0.220 e. The standard InChI is InChI=1S/C22H33N3O/c1-16(19-9-10-25(15-19)14-17-5-3-2-4-6-17)23-22(26)13-18-11-20-7-8-21(12-18)24-20/h2-6,16,18-21,24H,7-15H2,1H3,(H,23,26). The van der Waals surface area contributed by atoms with Crippen LogP contribution in [0.1, 0.15) is 51.0 Å². The second-order valence-electron chi connectivity index (χ2n) is 8.81. The molecule has 0 saturated carbocycles. The predicted octanol–water partition coefficient (Wildman–Crippen LogP) is 2.93. The minimum atomic E-state index is 0.269. The van der Waals surface area contributed by atoms with Crippen molar-refractivity contribution in [2.24, 2.45) is 11.8 Å². The number of fused-ring (bicyclic) bond motifs is 2. The van der Waals surface area contributed by atoms with Gasteiger partial charge in [0.25, 0.3) is 0 Å². The first-order valence-corrected chi connectivity index (χ1v) is 10.5. The molecule has 3 fully saturated rings. The third kappa shape index (κ3) is 4.47. The van der Waals surface area contributed by atoms with Crippen LogP contribution >= 0.6 is 0 Å². The zero-order chi connectivity index (χ0) is 17.9. The SMILES string of the molecule is CC(NC(=O)CC1CC2CCC(C1)N2)C1CCN(Cc2ccccc2)C1. The molecule has 1 aromatic rings. The molecule has 3 aliphatic heterocycles. The molecule has 0 aromatic heterocycles. The van der Waals surface area contributed by atoms with Gasteiger partial charge >= 0.3 is 0 Å². The fourth-order valence-corrected chi connectivity index (χ4v) is 5.29. The lowest BCUT2D eigenvalue weighted by Crippen LogP contribution is -2.42. The molecule has 3 aliphatic rings. The molecule has 1 aromatic carbocycles. The number of hydrogen-bond acceptors (Lipinski definition) is 3. The van der Waals surface area contributed by atoms with Crippen molar-refractivity contribution in [3.8, 4) is 0 Å². The summed E-state index contributed by atoms with van der Waals surface area (Å²) in [4.78, 5) is 15.1. The molecule has 4 unspecified atom stereocenters. The number of carbonyl (C=O) groups is 1. The van der Waals surface area contributed by atoms with E-state index in [9.17, 15) is 4.79 Å². The number of likely N-dealkylation sites (tertiary alicyclic amines) is 1. The van der Waals surface area contributed by atoms with E-state index in [0.29, 0.717) is 23.9 Å². The largest absolute Gasteiger partial charge is 0.353 e. The number of nitrogens with zero attached hydrogens (tertiary/aromatic N) is 1. The summed E-state index contributed by atoms with van der Waals surface area (Å²) in [6.45, 7) is 5.45. The summed E-state index contributed by atoms with van der Waals surface area (Å²) in [7, 11) is 0. The van der Waals surface area contributed by atoms with Crippen molar-refractivity contribution in [2.45, 2.75) is 70.1 Å². The fourth-order valence-electron chi connectivity index (χ4n) is 5.29. The average molecular weight is 356 g/mol. The Morgan fingerprint density at radius 3 is 2.65 bits per heavy atom. The normalized spacial score (nSPS) is 32.5. The highest BCUT2D eigenvalue weighted by molar-refractivity contribution is 5.76. The summed E-state index contributed by atoms with van der Waals surface area (Å²) in [5, 5.41) is 6.98. The van der Waals surface area contributed by atoms with Crippen LogP contribution in [0.25, 0.3) is 0 Å². The van der Waals surface area contributed by atoms with Gasteiger partial charge in [0.1, 0.15) is 0 Å².